The highest BCUT2D eigenvalue weighted by Gasteiger charge is 2.23. The number of rotatable bonds is 1. The number of aryl methyl sites for hydroxylation is 1. The number of nitrogens with zero attached hydrogens (tertiary/aromatic N) is 1. The summed E-state index contributed by atoms with van der Waals surface area (Å²) in [7, 11) is 0. The lowest BCUT2D eigenvalue weighted by molar-refractivity contribution is 0.0696. The molecule has 0 amide bonds. The van der Waals surface area contributed by atoms with Crippen LogP contribution in [0, 0.1) is 0 Å². The number of hydrogen-bond donors (Lipinski definition) is 1. The fraction of sp³-hybridized carbons (Fsp3) is 0.500. The summed E-state index contributed by atoms with van der Waals surface area (Å²) in [6.07, 6.45) is 0.547. The summed E-state index contributed by atoms with van der Waals surface area (Å²) < 4.78 is 12.9. The molecule has 0 bridgehead atoms. The predicted molar refractivity (Wildman–Crippen MR) is 46.0 cm³/mol. The molecule has 1 heterocycles. The van der Waals surface area contributed by atoms with E-state index in [-0.39, 0.29) is 5.01 Å². The molecule has 1 aliphatic carbocycles. The Hall–Kier alpha value is -0.970. The monoisotopic (exact) mass is 201 g/mol. The lowest BCUT2D eigenvalue weighted by Crippen LogP contribution is -2.12. The van der Waals surface area contributed by atoms with Gasteiger partial charge in [-0.2, -0.15) is 0 Å². The van der Waals surface area contributed by atoms with E-state index >= 15 is 0 Å². The molecule has 0 spiro atoms. The van der Waals surface area contributed by atoms with E-state index in [1.807, 2.05) is 0 Å². The second-order valence-electron chi connectivity index (χ2n) is 3.03. The Balaban J connectivity index is 2.33. The molecule has 13 heavy (non-hydrogen) atoms. The third-order valence-electron chi connectivity index (χ3n) is 2.06. The van der Waals surface area contributed by atoms with Crippen molar-refractivity contribution >= 4 is 17.3 Å². The quantitative estimate of drug-likeness (QED) is 0.751. The summed E-state index contributed by atoms with van der Waals surface area (Å²) in [6.45, 7) is 0. The number of carboxylic acid groups (broad SMARTS) is 1. The van der Waals surface area contributed by atoms with Gasteiger partial charge in [-0.05, 0) is 12.8 Å². The van der Waals surface area contributed by atoms with Crippen molar-refractivity contribution in [3.63, 3.8) is 0 Å². The number of hydrogen-bond acceptors (Lipinski definition) is 3. The number of carboxylic acids is 1. The minimum Gasteiger partial charge on any atom is -0.476 e. The zero-order valence-electron chi connectivity index (χ0n) is 6.79. The molecule has 1 aromatic heterocycles. The summed E-state index contributed by atoms with van der Waals surface area (Å²) in [5, 5.41) is 8.74. The molecule has 0 saturated heterocycles. The van der Waals surface area contributed by atoms with E-state index in [4.69, 9.17) is 5.11 Å². The lowest BCUT2D eigenvalue weighted by atomic mass is 10.0. The van der Waals surface area contributed by atoms with Crippen molar-refractivity contribution in [2.75, 3.05) is 0 Å². The number of aromatic carboxylic acids is 1. The van der Waals surface area contributed by atoms with E-state index in [1.54, 1.807) is 0 Å². The molecule has 1 aromatic rings. The topological polar surface area (TPSA) is 50.2 Å². The average molecular weight is 201 g/mol. The van der Waals surface area contributed by atoms with Crippen LogP contribution in [0.5, 0.6) is 0 Å². The summed E-state index contributed by atoms with van der Waals surface area (Å²) in [4.78, 5) is 15.3. The van der Waals surface area contributed by atoms with Gasteiger partial charge >= 0.3 is 5.97 Å². The van der Waals surface area contributed by atoms with Crippen LogP contribution >= 0.6 is 11.3 Å². The first-order valence-corrected chi connectivity index (χ1v) is 4.84. The maximum atomic E-state index is 12.9. The van der Waals surface area contributed by atoms with Crippen LogP contribution in [0.4, 0.5) is 4.39 Å². The van der Waals surface area contributed by atoms with Gasteiger partial charge in [0, 0.05) is 11.3 Å². The number of alkyl halides is 1. The van der Waals surface area contributed by atoms with Crippen molar-refractivity contribution < 1.29 is 14.3 Å². The van der Waals surface area contributed by atoms with Crippen molar-refractivity contribution in [3.8, 4) is 0 Å². The molecular formula is C8H8FNO2S. The third-order valence-corrected chi connectivity index (χ3v) is 3.17. The number of aromatic nitrogens is 1. The highest BCUT2D eigenvalue weighted by Crippen LogP contribution is 2.28. The first kappa shape index (κ1) is 8.62. The van der Waals surface area contributed by atoms with Gasteiger partial charge in [0.2, 0.25) is 5.01 Å². The third kappa shape index (κ3) is 1.56. The van der Waals surface area contributed by atoms with Gasteiger partial charge < -0.3 is 5.11 Å². The summed E-state index contributed by atoms with van der Waals surface area (Å²) in [5.74, 6) is -1.02. The van der Waals surface area contributed by atoms with Crippen LogP contribution in [0.3, 0.4) is 0 Å². The molecular weight excluding hydrogens is 193 g/mol. The van der Waals surface area contributed by atoms with Gasteiger partial charge in [-0.1, -0.05) is 0 Å². The molecule has 1 aliphatic rings. The fourth-order valence-corrected chi connectivity index (χ4v) is 2.43. The second-order valence-corrected chi connectivity index (χ2v) is 4.12. The number of thiazole rings is 1. The number of carbonyl (C=O) groups is 1. The van der Waals surface area contributed by atoms with E-state index in [1.165, 1.54) is 0 Å². The molecule has 1 atom stereocenters. The summed E-state index contributed by atoms with van der Waals surface area (Å²) in [5.41, 5.74) is 0.774. The van der Waals surface area contributed by atoms with Gasteiger partial charge in [0.05, 0.1) is 5.69 Å². The molecule has 0 radical (unpaired) electrons. The Morgan fingerprint density at radius 2 is 2.46 bits per heavy atom. The Kier molecular flexibility index (Phi) is 2.03. The van der Waals surface area contributed by atoms with E-state index in [0.717, 1.165) is 21.9 Å². The molecule has 0 saturated carbocycles. The van der Waals surface area contributed by atoms with Gasteiger partial charge in [0.25, 0.3) is 0 Å². The molecule has 1 N–H and O–H groups in total. The predicted octanol–water partition coefficient (Wildman–Crippen LogP) is 1.67. The summed E-state index contributed by atoms with van der Waals surface area (Å²) >= 11 is 1.10. The van der Waals surface area contributed by atoms with Gasteiger partial charge in [0.15, 0.2) is 0 Å². The van der Waals surface area contributed by atoms with Gasteiger partial charge in [0.1, 0.15) is 6.17 Å². The van der Waals surface area contributed by atoms with Crippen LogP contribution in [-0.4, -0.2) is 22.2 Å². The van der Waals surface area contributed by atoms with E-state index in [2.05, 4.69) is 4.98 Å². The first-order valence-electron chi connectivity index (χ1n) is 4.03. The smallest absolute Gasteiger partial charge is 0.365 e. The van der Waals surface area contributed by atoms with Crippen molar-refractivity contribution in [1.82, 2.24) is 4.98 Å². The SMILES string of the molecule is O=C(O)c1nc2c(s1)CC(F)CC2. The summed E-state index contributed by atoms with van der Waals surface area (Å²) in [6, 6.07) is 0. The Labute approximate surface area is 78.2 Å². The van der Waals surface area contributed by atoms with Gasteiger partial charge in [-0.3, -0.25) is 0 Å². The van der Waals surface area contributed by atoms with Crippen LogP contribution in [0.25, 0.3) is 0 Å². The molecule has 5 heteroatoms. The van der Waals surface area contributed by atoms with Crippen LogP contribution in [-0.2, 0) is 12.8 Å². The highest BCUT2D eigenvalue weighted by molar-refractivity contribution is 7.13. The average Bonchev–Trinajstić information content (AvgIpc) is 2.46. The minimum absolute atomic E-state index is 0.0825. The van der Waals surface area contributed by atoms with Gasteiger partial charge in [-0.25, -0.2) is 14.2 Å². The Bertz CT molecular complexity index is 350. The zero-order chi connectivity index (χ0) is 9.42. The molecule has 0 fully saturated rings. The van der Waals surface area contributed by atoms with Crippen molar-refractivity contribution in [2.45, 2.75) is 25.4 Å². The highest BCUT2D eigenvalue weighted by atomic mass is 32.1. The number of fused-ring (bicyclic) bond motifs is 1. The van der Waals surface area contributed by atoms with Crippen molar-refractivity contribution in [1.29, 1.82) is 0 Å². The maximum absolute atomic E-state index is 12.9. The maximum Gasteiger partial charge on any atom is 0.365 e. The largest absolute Gasteiger partial charge is 0.476 e. The first-order chi connectivity index (χ1) is 6.16. The molecule has 1 unspecified atom stereocenters. The van der Waals surface area contributed by atoms with Crippen LogP contribution < -0.4 is 0 Å². The van der Waals surface area contributed by atoms with E-state index in [0.29, 0.717) is 19.3 Å². The molecule has 0 aromatic carbocycles. The fourth-order valence-electron chi connectivity index (χ4n) is 1.43. The van der Waals surface area contributed by atoms with Gasteiger partial charge in [-0.15, -0.1) is 11.3 Å². The standard InChI is InChI=1S/C8H8FNO2S/c9-4-1-2-5-6(3-4)13-7(10-5)8(11)12/h4H,1-3H2,(H,11,12). The second kappa shape index (κ2) is 3.06. The van der Waals surface area contributed by atoms with Crippen LogP contribution in [0.1, 0.15) is 26.8 Å². The molecule has 0 aliphatic heterocycles. The number of halogens is 1. The lowest BCUT2D eigenvalue weighted by Gasteiger charge is -2.12. The van der Waals surface area contributed by atoms with Crippen molar-refractivity contribution in [2.24, 2.45) is 0 Å². The molecule has 2 rings (SSSR count). The van der Waals surface area contributed by atoms with E-state index in [9.17, 15) is 9.18 Å². The van der Waals surface area contributed by atoms with E-state index < -0.39 is 12.1 Å². The zero-order valence-corrected chi connectivity index (χ0v) is 7.60. The van der Waals surface area contributed by atoms with Crippen LogP contribution in [0.2, 0.25) is 0 Å². The Morgan fingerprint density at radius 1 is 1.69 bits per heavy atom. The van der Waals surface area contributed by atoms with Crippen molar-refractivity contribution in [3.05, 3.63) is 15.6 Å². The normalized spacial score (nSPS) is 21.2. The Morgan fingerprint density at radius 3 is 3.15 bits per heavy atom. The minimum atomic E-state index is -1.02. The molecule has 3 nitrogen and oxygen atoms in total. The molecule has 70 valence electrons. The van der Waals surface area contributed by atoms with Crippen LogP contribution in [0.15, 0.2) is 0 Å².